The minimum atomic E-state index is -1.04. The lowest BCUT2D eigenvalue weighted by Gasteiger charge is -2.55. The lowest BCUT2D eigenvalue weighted by Crippen LogP contribution is -2.92. The molecule has 0 saturated heterocycles. The van der Waals surface area contributed by atoms with Crippen LogP contribution in [0.25, 0.3) is 0 Å². The first-order valence-corrected chi connectivity index (χ1v) is 11.7. The van der Waals surface area contributed by atoms with Gasteiger partial charge in [-0.3, -0.25) is 6.39 Å². The van der Waals surface area contributed by atoms with E-state index in [9.17, 15) is 0 Å². The van der Waals surface area contributed by atoms with E-state index in [4.69, 9.17) is 132 Å². The highest BCUT2D eigenvalue weighted by molar-refractivity contribution is 8.31. The standard InChI is InChI=1S/B39H9/c1-21-31(20)36(30(18)19)39(37(32(22(2)3)23(4)5)33(24(6)7)25(8)9)38(34(26(10)11)27(12)13)35(28(14)15)29(16)17/h1-3H3/q-3. The molecule has 0 atom stereocenters. The van der Waals surface area contributed by atoms with E-state index in [-0.39, 0.29) is 29.6 Å². The molecule has 0 aliphatic rings. The summed E-state index contributed by atoms with van der Waals surface area (Å²) in [7, 11) is 110. The molecule has 39 heteroatoms. The molecule has 0 aromatic heterocycles. The van der Waals surface area contributed by atoms with E-state index >= 15 is 0 Å². The summed E-state index contributed by atoms with van der Waals surface area (Å²) in [6.07, 6.45) is -13.2. The van der Waals surface area contributed by atoms with Crippen LogP contribution >= 0.6 is 0 Å². The summed E-state index contributed by atoms with van der Waals surface area (Å²) >= 11 is 0. The van der Waals surface area contributed by atoms with Crippen molar-refractivity contribution >= 4 is 277 Å². The van der Waals surface area contributed by atoms with Gasteiger partial charge in [-0.2, -0.15) is 7.06 Å². The van der Waals surface area contributed by atoms with Crippen molar-refractivity contribution < 1.29 is 0 Å². The summed E-state index contributed by atoms with van der Waals surface area (Å²) in [5.41, 5.74) is 0. The third-order valence-corrected chi connectivity index (χ3v) is 7.11. The number of hydrogen-bond donors (Lipinski definition) is 0. The van der Waals surface area contributed by atoms with Crippen LogP contribution in [0.15, 0.2) is 0 Å². The van der Waals surface area contributed by atoms with Gasteiger partial charge in [-0.25, -0.2) is 0 Å². The lowest BCUT2D eigenvalue weighted by atomic mass is 8.28. The van der Waals surface area contributed by atoms with Gasteiger partial charge >= 0.3 is 0 Å². The van der Waals surface area contributed by atoms with Gasteiger partial charge in [-0.05, 0) is 234 Å². The van der Waals surface area contributed by atoms with Crippen LogP contribution in [-0.4, -0.2) is 277 Å². The van der Waals surface area contributed by atoms with Crippen LogP contribution in [0.1, 0.15) is 0 Å². The Kier molecular flexibility index (Phi) is 20.4. The molecular weight excluding hydrogens is 422 g/mol. The molecular formula is H9B39-3. The Balaban J connectivity index is 8.23. The monoisotopic (exact) mass is 438 g/mol. The van der Waals surface area contributed by atoms with E-state index in [0.717, 1.165) is 0 Å². The molecule has 0 rings (SSSR count). The Labute approximate surface area is 275 Å². The fourth-order valence-electron chi connectivity index (χ4n) is 5.65. The summed E-state index contributed by atoms with van der Waals surface area (Å²) in [6, 6.07) is 0. The van der Waals surface area contributed by atoms with Crippen molar-refractivity contribution in [3.8, 4) is 0 Å². The Morgan fingerprint density at radius 1 is 0.308 bits per heavy atom. The molecule has 0 bridgehead atoms. The van der Waals surface area contributed by atoms with Crippen molar-refractivity contribution in [2.24, 2.45) is 0 Å². The van der Waals surface area contributed by atoms with Crippen LogP contribution in [0.3, 0.4) is 0 Å². The molecule has 0 fully saturated rings. The Hall–Kier alpha value is 2.53. The van der Waals surface area contributed by atoms with Gasteiger partial charge < -0.3 is 0 Å². The molecule has 39 heavy (non-hydrogen) atoms. The Morgan fingerprint density at radius 3 is 0.692 bits per heavy atom. The maximum Gasteiger partial charge on any atom is -0.000000000000248 e. The fraction of sp³-hybridized carbons (Fsp3) is 0. The van der Waals surface area contributed by atoms with Gasteiger partial charge in [0.15, 0.2) is 0 Å². The summed E-state index contributed by atoms with van der Waals surface area (Å²) in [5.74, 6) is 0. The number of hydrogen-bond acceptors (Lipinski definition) is 0. The van der Waals surface area contributed by atoms with Crippen LogP contribution in [0.4, 0.5) is 0 Å². The quantitative estimate of drug-likeness (QED) is 0.190. The van der Waals surface area contributed by atoms with Crippen molar-refractivity contribution in [1.29, 1.82) is 0 Å². The largest absolute Gasteiger partial charge is 0.262 e. The maximum absolute atomic E-state index is 6.74. The molecule has 0 heterocycles. The highest BCUT2D eigenvalue weighted by Gasteiger charge is 2.55. The first kappa shape index (κ1) is 41.5. The fourth-order valence-corrected chi connectivity index (χ4v) is 5.65. The Morgan fingerprint density at radius 2 is 0.513 bits per heavy atom. The van der Waals surface area contributed by atoms with Crippen molar-refractivity contribution in [1.82, 2.24) is 0 Å². The molecule has 0 amide bonds. The third kappa shape index (κ3) is 11.4. The predicted octanol–water partition coefficient (Wildman–Crippen LogP) is -17.3. The smallest absolute Gasteiger partial charge is 0.000000000000248 e. The van der Waals surface area contributed by atoms with Crippen molar-refractivity contribution in [2.45, 2.75) is 0 Å². The average molecular weight is 431 g/mol. The van der Waals surface area contributed by atoms with Gasteiger partial charge in [0.05, 0.1) is 0 Å². The second-order valence-corrected chi connectivity index (χ2v) is 9.81. The topological polar surface area (TPSA) is 0 Å². The Bertz CT molecular complexity index is 502. The number of rotatable bonds is 18. The van der Waals surface area contributed by atoms with E-state index < -0.39 is 102 Å². The van der Waals surface area contributed by atoms with Gasteiger partial charge in [0.25, 0.3) is 0 Å². The summed E-state index contributed by atoms with van der Waals surface area (Å²) in [4.78, 5) is 0. The summed E-state index contributed by atoms with van der Waals surface area (Å²) < 4.78 is 0. The maximum atomic E-state index is 6.74. The SMILES string of the molecule is [B]B([B])B(B([B])[B])B(B(B([B])[B])B([B])[B])B(B(B([B])[B])B([B])[B][BH3-])B(B(B([B])[B])B([B])[B])B(B([B])[B])B([BH3-])[BH3-]. The van der Waals surface area contributed by atoms with Crippen LogP contribution in [0, 0.1) is 0 Å². The zero-order valence-electron chi connectivity index (χ0n) is 20.8. The molecule has 0 spiro atoms. The van der Waals surface area contributed by atoms with E-state index in [1.807, 2.05) is 7.06 Å². The third-order valence-electron chi connectivity index (χ3n) is 7.11. The van der Waals surface area contributed by atoms with Crippen LogP contribution < -0.4 is 0 Å². The highest BCUT2D eigenvalue weighted by Crippen LogP contribution is 2.18. The minimum absolute atomic E-state index is 0.211. The molecule has 35 radical (unpaired) electrons. The first-order valence-electron chi connectivity index (χ1n) is 11.7. The molecule has 0 N–H and O–H groups in total. The molecule has 0 saturated carbocycles. The van der Waals surface area contributed by atoms with Gasteiger partial charge in [-0.1, -0.05) is 14.1 Å². The molecule has 0 aromatic rings. The molecule has 0 nitrogen and oxygen atoms in total. The normalized spacial score (nSPS) is 9.62. The van der Waals surface area contributed by atoms with Crippen LogP contribution in [0.2, 0.25) is 0 Å². The molecule has 0 unspecified atom stereocenters. The second-order valence-electron chi connectivity index (χ2n) is 9.81. The van der Waals surface area contributed by atoms with Gasteiger partial charge in [-0.15, -0.1) is 15.5 Å². The van der Waals surface area contributed by atoms with Gasteiger partial charge in [0.1, 0.15) is 0 Å². The molecule has 0 aliphatic carbocycles. The van der Waals surface area contributed by atoms with Gasteiger partial charge in [0, 0.05) is 0 Å². The van der Waals surface area contributed by atoms with Gasteiger partial charge in [0.2, 0.25) is 0 Å². The molecule has 129 valence electrons. The van der Waals surface area contributed by atoms with E-state index in [1.165, 1.54) is 0 Å². The lowest BCUT2D eigenvalue weighted by molar-refractivity contribution is 3.22. The van der Waals surface area contributed by atoms with E-state index in [0.29, 0.717) is 6.39 Å². The van der Waals surface area contributed by atoms with E-state index in [1.54, 1.807) is 0 Å². The van der Waals surface area contributed by atoms with E-state index in [2.05, 4.69) is 0 Å². The first-order chi connectivity index (χ1) is 17.8. The van der Waals surface area contributed by atoms with Crippen LogP contribution in [0.5, 0.6) is 0 Å². The molecule has 0 aliphatic heterocycles. The zero-order valence-corrected chi connectivity index (χ0v) is 20.8. The minimum Gasteiger partial charge on any atom is -0.262 e. The molecule has 0 aromatic carbocycles. The summed E-state index contributed by atoms with van der Waals surface area (Å²) in [5, 5.41) is 0. The zero-order chi connectivity index (χ0) is 31.1. The van der Waals surface area contributed by atoms with Crippen LogP contribution in [-0.2, 0) is 0 Å². The van der Waals surface area contributed by atoms with Crippen molar-refractivity contribution in [3.63, 3.8) is 0 Å². The average Bonchev–Trinajstić information content (AvgIpc) is 2.73. The highest BCUT2D eigenvalue weighted by atomic mass is 13.4. The van der Waals surface area contributed by atoms with Crippen molar-refractivity contribution in [2.75, 3.05) is 0 Å². The second kappa shape index (κ2) is 19.1. The predicted molar refractivity (Wildman–Crippen MR) is 237 cm³/mol. The summed E-state index contributed by atoms with van der Waals surface area (Å²) in [6.45, 7) is 0. The van der Waals surface area contributed by atoms with Crippen molar-refractivity contribution in [3.05, 3.63) is 0 Å².